The topological polar surface area (TPSA) is 98.5 Å². The van der Waals surface area contributed by atoms with Gasteiger partial charge < -0.3 is 4.74 Å². The van der Waals surface area contributed by atoms with Crippen LogP contribution in [0, 0.1) is 6.92 Å². The Morgan fingerprint density at radius 2 is 1.79 bits per heavy atom. The monoisotopic (exact) mass is 395 g/mol. The van der Waals surface area contributed by atoms with Gasteiger partial charge in [-0.3, -0.25) is 4.72 Å². The molecule has 0 atom stereocenters. The molecule has 2 aromatic carbocycles. The Morgan fingerprint density at radius 3 is 2.54 bits per heavy atom. The van der Waals surface area contributed by atoms with Crippen LogP contribution < -0.4 is 9.46 Å². The molecule has 4 rings (SSSR count). The molecule has 8 nitrogen and oxygen atoms in total. The first-order valence-corrected chi connectivity index (χ1v) is 9.91. The molecule has 28 heavy (non-hydrogen) atoms. The summed E-state index contributed by atoms with van der Waals surface area (Å²) in [5.74, 6) is 1.17. The maximum Gasteiger partial charge on any atom is 0.262 e. The van der Waals surface area contributed by atoms with Crippen molar-refractivity contribution in [1.82, 2.24) is 19.8 Å². The minimum atomic E-state index is -3.72. The second-order valence-corrected chi connectivity index (χ2v) is 7.78. The molecule has 2 heterocycles. The summed E-state index contributed by atoms with van der Waals surface area (Å²) in [6.07, 6.45) is 0. The largest absolute Gasteiger partial charge is 0.497 e. The summed E-state index contributed by atoms with van der Waals surface area (Å²) in [6, 6.07) is 17.0. The highest BCUT2D eigenvalue weighted by molar-refractivity contribution is 7.92. The summed E-state index contributed by atoms with van der Waals surface area (Å²) in [5.41, 5.74) is 2.70. The Labute approximate surface area is 161 Å². The van der Waals surface area contributed by atoms with Crippen LogP contribution in [0.4, 0.5) is 5.69 Å². The van der Waals surface area contributed by atoms with E-state index in [1.165, 1.54) is 19.2 Å². The third kappa shape index (κ3) is 3.39. The number of benzene rings is 2. The van der Waals surface area contributed by atoms with Crippen LogP contribution >= 0.6 is 0 Å². The van der Waals surface area contributed by atoms with Gasteiger partial charge in [0.05, 0.1) is 17.7 Å². The molecule has 0 aliphatic carbocycles. The smallest absolute Gasteiger partial charge is 0.262 e. The lowest BCUT2D eigenvalue weighted by Crippen LogP contribution is -2.12. The van der Waals surface area contributed by atoms with Crippen LogP contribution in [0.25, 0.3) is 16.9 Å². The number of aromatic nitrogens is 4. The number of nitrogens with zero attached hydrogens (tertiary/aromatic N) is 4. The quantitative estimate of drug-likeness (QED) is 0.558. The number of fused-ring (bicyclic) bond motifs is 1. The fourth-order valence-corrected chi connectivity index (χ4v) is 3.83. The third-order valence-corrected chi connectivity index (χ3v) is 5.58. The molecule has 0 radical (unpaired) electrons. The van der Waals surface area contributed by atoms with Crippen molar-refractivity contribution in [1.29, 1.82) is 0 Å². The standard InChI is InChI=1S/C19H17N5O3S/c1-13-20-21-19-11-10-18(22-24(13)19)14-6-8-15(9-7-14)23-28(25,26)17-5-3-4-16(12-17)27-2/h3-12,23H,1-2H3. The molecule has 142 valence electrons. The normalized spacial score (nSPS) is 11.5. The van der Waals surface area contributed by atoms with E-state index in [2.05, 4.69) is 20.0 Å². The van der Waals surface area contributed by atoms with Gasteiger partial charge in [-0.05, 0) is 43.3 Å². The van der Waals surface area contributed by atoms with Gasteiger partial charge in [0.15, 0.2) is 11.5 Å². The van der Waals surface area contributed by atoms with Crippen LogP contribution in [0.1, 0.15) is 5.82 Å². The molecule has 0 aliphatic rings. The fourth-order valence-electron chi connectivity index (χ4n) is 2.74. The van der Waals surface area contributed by atoms with E-state index in [0.29, 0.717) is 22.9 Å². The number of methoxy groups -OCH3 is 1. The van der Waals surface area contributed by atoms with E-state index in [1.807, 2.05) is 19.1 Å². The number of sulfonamides is 1. The molecule has 2 aromatic heterocycles. The molecule has 0 aliphatic heterocycles. The first-order valence-electron chi connectivity index (χ1n) is 8.43. The highest BCUT2D eigenvalue weighted by Gasteiger charge is 2.15. The summed E-state index contributed by atoms with van der Waals surface area (Å²) in [5, 5.41) is 12.5. The molecule has 0 bridgehead atoms. The average molecular weight is 395 g/mol. The molecule has 0 saturated carbocycles. The van der Waals surface area contributed by atoms with Crippen LogP contribution in [0.3, 0.4) is 0 Å². The van der Waals surface area contributed by atoms with Gasteiger partial charge in [-0.25, -0.2) is 8.42 Å². The van der Waals surface area contributed by atoms with Gasteiger partial charge in [-0.2, -0.15) is 9.61 Å². The van der Waals surface area contributed by atoms with E-state index in [9.17, 15) is 8.42 Å². The molecule has 0 unspecified atom stereocenters. The van der Waals surface area contributed by atoms with Crippen molar-refractivity contribution in [3.8, 4) is 17.0 Å². The van der Waals surface area contributed by atoms with E-state index >= 15 is 0 Å². The van der Waals surface area contributed by atoms with Gasteiger partial charge in [0.2, 0.25) is 0 Å². The van der Waals surface area contributed by atoms with Crippen molar-refractivity contribution in [2.75, 3.05) is 11.8 Å². The number of ether oxygens (including phenoxy) is 1. The van der Waals surface area contributed by atoms with E-state index in [1.54, 1.807) is 40.9 Å². The van der Waals surface area contributed by atoms with Crippen molar-refractivity contribution in [3.05, 3.63) is 66.5 Å². The molecule has 4 aromatic rings. The lowest BCUT2D eigenvalue weighted by Gasteiger charge is -2.10. The van der Waals surface area contributed by atoms with Crippen LogP contribution in [0.2, 0.25) is 0 Å². The van der Waals surface area contributed by atoms with E-state index < -0.39 is 10.0 Å². The minimum absolute atomic E-state index is 0.131. The SMILES string of the molecule is COc1cccc(S(=O)(=O)Nc2ccc(-c3ccc4nnc(C)n4n3)cc2)c1. The van der Waals surface area contributed by atoms with E-state index in [-0.39, 0.29) is 4.90 Å². The van der Waals surface area contributed by atoms with Crippen LogP contribution in [0.5, 0.6) is 5.75 Å². The number of hydrogen-bond donors (Lipinski definition) is 1. The summed E-state index contributed by atoms with van der Waals surface area (Å²) < 4.78 is 34.5. The van der Waals surface area contributed by atoms with E-state index in [4.69, 9.17) is 4.74 Å². The maximum absolute atomic E-state index is 12.6. The number of anilines is 1. The first-order chi connectivity index (χ1) is 13.5. The Kier molecular flexibility index (Phi) is 4.44. The van der Waals surface area contributed by atoms with Gasteiger partial charge in [-0.15, -0.1) is 10.2 Å². The average Bonchev–Trinajstić information content (AvgIpc) is 3.08. The van der Waals surface area contributed by atoms with Crippen molar-refractivity contribution in [2.24, 2.45) is 0 Å². The van der Waals surface area contributed by atoms with Crippen LogP contribution in [-0.2, 0) is 10.0 Å². The summed E-state index contributed by atoms with van der Waals surface area (Å²) >= 11 is 0. The molecular weight excluding hydrogens is 378 g/mol. The zero-order chi connectivity index (χ0) is 19.7. The van der Waals surface area contributed by atoms with Gasteiger partial charge >= 0.3 is 0 Å². The summed E-state index contributed by atoms with van der Waals surface area (Å²) in [7, 11) is -2.23. The van der Waals surface area contributed by atoms with Gasteiger partial charge in [0.1, 0.15) is 5.75 Å². The molecule has 0 saturated heterocycles. The highest BCUT2D eigenvalue weighted by atomic mass is 32.2. The Hall–Kier alpha value is -3.46. The number of nitrogens with one attached hydrogen (secondary N) is 1. The Balaban J connectivity index is 1.59. The minimum Gasteiger partial charge on any atom is -0.497 e. The van der Waals surface area contributed by atoms with Crippen molar-refractivity contribution < 1.29 is 13.2 Å². The lowest BCUT2D eigenvalue weighted by molar-refractivity contribution is 0.413. The van der Waals surface area contributed by atoms with Gasteiger partial charge in [0, 0.05) is 17.3 Å². The number of rotatable bonds is 5. The predicted molar refractivity (Wildman–Crippen MR) is 105 cm³/mol. The lowest BCUT2D eigenvalue weighted by atomic mass is 10.1. The van der Waals surface area contributed by atoms with Gasteiger partial charge in [0.25, 0.3) is 10.0 Å². The van der Waals surface area contributed by atoms with Crippen molar-refractivity contribution in [2.45, 2.75) is 11.8 Å². The third-order valence-electron chi connectivity index (χ3n) is 4.20. The first kappa shape index (κ1) is 17.9. The predicted octanol–water partition coefficient (Wildman–Crippen LogP) is 2.91. The summed E-state index contributed by atoms with van der Waals surface area (Å²) in [6.45, 7) is 1.83. The maximum atomic E-state index is 12.6. The molecular formula is C19H17N5O3S. The second kappa shape index (κ2) is 6.93. The van der Waals surface area contributed by atoms with Crippen molar-refractivity contribution >= 4 is 21.4 Å². The summed E-state index contributed by atoms with van der Waals surface area (Å²) in [4.78, 5) is 0.131. The molecule has 0 spiro atoms. The number of aryl methyl sites for hydroxylation is 1. The Bertz CT molecular complexity index is 1250. The van der Waals surface area contributed by atoms with E-state index in [0.717, 1.165) is 11.3 Å². The molecule has 0 fully saturated rings. The van der Waals surface area contributed by atoms with Crippen LogP contribution in [-0.4, -0.2) is 35.3 Å². The van der Waals surface area contributed by atoms with Gasteiger partial charge in [-0.1, -0.05) is 18.2 Å². The fraction of sp³-hybridized carbons (Fsp3) is 0.105. The van der Waals surface area contributed by atoms with Crippen molar-refractivity contribution in [3.63, 3.8) is 0 Å². The zero-order valence-corrected chi connectivity index (χ0v) is 16.0. The number of hydrogen-bond acceptors (Lipinski definition) is 6. The molecule has 9 heteroatoms. The molecule has 1 N–H and O–H groups in total. The molecule has 0 amide bonds. The highest BCUT2D eigenvalue weighted by Crippen LogP contribution is 2.23. The zero-order valence-electron chi connectivity index (χ0n) is 15.2. The van der Waals surface area contributed by atoms with Crippen LogP contribution in [0.15, 0.2) is 65.6 Å². The Morgan fingerprint density at radius 1 is 1.00 bits per heavy atom. The second-order valence-electron chi connectivity index (χ2n) is 6.10.